The van der Waals surface area contributed by atoms with Crippen LogP contribution in [0.4, 0.5) is 13.6 Å². The van der Waals surface area contributed by atoms with Crippen LogP contribution in [0.5, 0.6) is 0 Å². The van der Waals surface area contributed by atoms with Gasteiger partial charge in [-0.3, -0.25) is 0 Å². The number of amides is 1. The summed E-state index contributed by atoms with van der Waals surface area (Å²) >= 11 is 0. The molecular weight excluding hydrogens is 572 g/mol. The van der Waals surface area contributed by atoms with Gasteiger partial charge < -0.3 is 19.2 Å². The van der Waals surface area contributed by atoms with Crippen LogP contribution in [0.2, 0.25) is 0 Å². The zero-order valence-corrected chi connectivity index (χ0v) is 24.9. The van der Waals surface area contributed by atoms with Crippen molar-refractivity contribution in [3.8, 4) is 17.1 Å². The average Bonchev–Trinajstić information content (AvgIpc) is 3.58. The van der Waals surface area contributed by atoms with Crippen molar-refractivity contribution in [3.05, 3.63) is 81.4 Å². The number of carbonyl (C=O) groups excluding carboxylic acids is 1. The molecular formula is C30H33F2N9O3. The van der Waals surface area contributed by atoms with Crippen molar-refractivity contribution >= 4 is 27.9 Å². The maximum Gasteiger partial charge on any atom is 0.407 e. The quantitative estimate of drug-likeness (QED) is 0.0898. The molecule has 0 radical (unpaired) electrons. The Hall–Kier alpha value is -5.10. The third-order valence-electron chi connectivity index (χ3n) is 7.03. The fraction of sp³-hybridized carbons (Fsp3) is 0.367. The standard InChI is InChI=1S/C30H33F2N9O3/c1-30(2,3)44-28(42)34-11-5-14-40-29(43)41(27(36-40)23-17-38(4)24-9-7-19(31)15-21(23)24)26-18-39(13-6-12-35-37-33)25-10-8-20(32)16-22(25)26/h7-10,15-18H,5-6,11-14H2,1-4H3,(H,34,42). The van der Waals surface area contributed by atoms with Gasteiger partial charge in [-0.25, -0.2) is 27.6 Å². The number of hydrogen-bond donors (Lipinski definition) is 1. The Morgan fingerprint density at radius 2 is 1.75 bits per heavy atom. The molecule has 2 aromatic carbocycles. The van der Waals surface area contributed by atoms with E-state index in [-0.39, 0.29) is 25.5 Å². The molecule has 0 aliphatic carbocycles. The van der Waals surface area contributed by atoms with Gasteiger partial charge in [0, 0.05) is 72.4 Å². The third-order valence-corrected chi connectivity index (χ3v) is 7.03. The van der Waals surface area contributed by atoms with E-state index in [4.69, 9.17) is 10.3 Å². The molecule has 0 bridgehead atoms. The summed E-state index contributed by atoms with van der Waals surface area (Å²) in [4.78, 5) is 28.9. The molecule has 3 heterocycles. The lowest BCUT2D eigenvalue weighted by Gasteiger charge is -2.19. The number of azide groups is 1. The smallest absolute Gasteiger partial charge is 0.407 e. The van der Waals surface area contributed by atoms with Crippen molar-refractivity contribution in [3.63, 3.8) is 0 Å². The van der Waals surface area contributed by atoms with Crippen LogP contribution >= 0.6 is 0 Å². The van der Waals surface area contributed by atoms with Gasteiger partial charge in [-0.15, -0.1) is 5.10 Å². The molecule has 0 aliphatic rings. The van der Waals surface area contributed by atoms with Gasteiger partial charge in [0.25, 0.3) is 0 Å². The first-order chi connectivity index (χ1) is 21.0. The van der Waals surface area contributed by atoms with Gasteiger partial charge in [0.15, 0.2) is 5.82 Å². The fourth-order valence-electron chi connectivity index (χ4n) is 5.19. The maximum atomic E-state index is 14.6. The molecule has 3 aromatic heterocycles. The Bertz CT molecular complexity index is 1960. The normalized spacial score (nSPS) is 11.7. The zero-order chi connectivity index (χ0) is 31.6. The molecule has 12 nitrogen and oxygen atoms in total. The van der Waals surface area contributed by atoms with E-state index < -0.39 is 29.0 Å². The van der Waals surface area contributed by atoms with Crippen LogP contribution in [0.1, 0.15) is 33.6 Å². The summed E-state index contributed by atoms with van der Waals surface area (Å²) in [6.45, 7) is 6.42. The monoisotopic (exact) mass is 605 g/mol. The molecule has 1 amide bonds. The number of ether oxygens (including phenoxy) is 1. The van der Waals surface area contributed by atoms with Crippen LogP contribution in [0.15, 0.2) is 58.7 Å². The van der Waals surface area contributed by atoms with Crippen molar-refractivity contribution in [2.24, 2.45) is 12.2 Å². The van der Waals surface area contributed by atoms with Crippen LogP contribution in [0.25, 0.3) is 49.3 Å². The van der Waals surface area contributed by atoms with Gasteiger partial charge >= 0.3 is 11.8 Å². The molecule has 44 heavy (non-hydrogen) atoms. The van der Waals surface area contributed by atoms with E-state index in [1.54, 1.807) is 45.3 Å². The second kappa shape index (κ2) is 12.3. The number of aromatic nitrogens is 5. The summed E-state index contributed by atoms with van der Waals surface area (Å²) in [6.07, 6.45) is 3.85. The SMILES string of the molecule is Cn1cc(-c2nn(CCCNC(=O)OC(C)(C)C)c(=O)n2-c2cn(CCCN=[N+]=[N-])c3ccc(F)cc23)c2cc(F)ccc21. The molecule has 0 aliphatic heterocycles. The molecule has 0 spiro atoms. The first-order valence-electron chi connectivity index (χ1n) is 14.2. The van der Waals surface area contributed by atoms with Crippen LogP contribution in [-0.4, -0.2) is 48.3 Å². The predicted molar refractivity (Wildman–Crippen MR) is 163 cm³/mol. The highest BCUT2D eigenvalue weighted by molar-refractivity contribution is 5.96. The molecule has 14 heteroatoms. The molecule has 5 rings (SSSR count). The topological polar surface area (TPSA) is 137 Å². The van der Waals surface area contributed by atoms with E-state index in [1.165, 1.54) is 33.5 Å². The number of nitrogens with one attached hydrogen (secondary N) is 1. The molecule has 0 fully saturated rings. The van der Waals surface area contributed by atoms with Crippen LogP contribution in [0.3, 0.4) is 0 Å². The molecule has 0 unspecified atom stereocenters. The van der Waals surface area contributed by atoms with Gasteiger partial charge in [-0.05, 0) is 75.5 Å². The number of nitrogens with zero attached hydrogens (tertiary/aromatic N) is 8. The van der Waals surface area contributed by atoms with Gasteiger partial charge in [0.1, 0.15) is 17.2 Å². The molecule has 0 saturated heterocycles. The molecule has 230 valence electrons. The number of benzene rings is 2. The number of hydrogen-bond acceptors (Lipinski definition) is 5. The van der Waals surface area contributed by atoms with Crippen molar-refractivity contribution in [2.45, 2.75) is 52.3 Å². The van der Waals surface area contributed by atoms with E-state index in [0.717, 1.165) is 5.52 Å². The second-order valence-electron chi connectivity index (χ2n) is 11.4. The van der Waals surface area contributed by atoms with Crippen molar-refractivity contribution in [2.75, 3.05) is 13.1 Å². The van der Waals surface area contributed by atoms with E-state index in [2.05, 4.69) is 20.4 Å². The summed E-state index contributed by atoms with van der Waals surface area (Å²) in [5.41, 5.74) is 9.85. The molecule has 0 atom stereocenters. The van der Waals surface area contributed by atoms with E-state index in [9.17, 15) is 18.4 Å². The number of halogens is 2. The minimum absolute atomic E-state index is 0.160. The Morgan fingerprint density at radius 3 is 2.45 bits per heavy atom. The summed E-state index contributed by atoms with van der Waals surface area (Å²) < 4.78 is 40.7. The summed E-state index contributed by atoms with van der Waals surface area (Å²) in [5, 5.41) is 12.0. The highest BCUT2D eigenvalue weighted by Gasteiger charge is 2.24. The van der Waals surface area contributed by atoms with Gasteiger partial charge in [-0.1, -0.05) is 5.11 Å². The van der Waals surface area contributed by atoms with Gasteiger partial charge in [-0.2, -0.15) is 0 Å². The number of aryl methyl sites for hydroxylation is 3. The number of rotatable bonds is 10. The van der Waals surface area contributed by atoms with Crippen molar-refractivity contribution in [1.29, 1.82) is 0 Å². The number of fused-ring (bicyclic) bond motifs is 2. The number of carbonyl (C=O) groups is 1. The van der Waals surface area contributed by atoms with Gasteiger partial charge in [0.05, 0.1) is 11.2 Å². The lowest BCUT2D eigenvalue weighted by Crippen LogP contribution is -2.33. The highest BCUT2D eigenvalue weighted by Crippen LogP contribution is 2.33. The van der Waals surface area contributed by atoms with Crippen molar-refractivity contribution < 1.29 is 18.3 Å². The average molecular weight is 606 g/mol. The lowest BCUT2D eigenvalue weighted by atomic mass is 10.1. The third kappa shape index (κ3) is 6.30. The minimum atomic E-state index is -0.645. The second-order valence-corrected chi connectivity index (χ2v) is 11.4. The lowest BCUT2D eigenvalue weighted by molar-refractivity contribution is 0.0526. The Labute approximate surface area is 251 Å². The molecule has 5 aromatic rings. The van der Waals surface area contributed by atoms with Crippen LogP contribution in [0, 0.1) is 11.6 Å². The first kappa shape index (κ1) is 30.4. The fourth-order valence-corrected chi connectivity index (χ4v) is 5.19. The maximum absolute atomic E-state index is 14.6. The van der Waals surface area contributed by atoms with Crippen LogP contribution < -0.4 is 11.0 Å². The molecule has 0 saturated carbocycles. The van der Waals surface area contributed by atoms with E-state index in [1.807, 2.05) is 16.2 Å². The van der Waals surface area contributed by atoms with Crippen molar-refractivity contribution in [1.82, 2.24) is 28.8 Å². The first-order valence-corrected chi connectivity index (χ1v) is 14.2. The molecule has 1 N–H and O–H groups in total. The summed E-state index contributed by atoms with van der Waals surface area (Å²) in [5.74, 6) is -0.665. The number of alkyl carbamates (subject to hydrolysis) is 1. The zero-order valence-electron chi connectivity index (χ0n) is 24.9. The van der Waals surface area contributed by atoms with E-state index in [0.29, 0.717) is 46.9 Å². The Kier molecular flexibility index (Phi) is 8.45. The van der Waals surface area contributed by atoms with E-state index >= 15 is 0 Å². The summed E-state index contributed by atoms with van der Waals surface area (Å²) in [7, 11) is 1.82. The Morgan fingerprint density at radius 1 is 1.05 bits per heavy atom. The largest absolute Gasteiger partial charge is 0.444 e. The van der Waals surface area contributed by atoms with Crippen LogP contribution in [-0.2, 0) is 24.9 Å². The predicted octanol–water partition coefficient (Wildman–Crippen LogP) is 6.04. The highest BCUT2D eigenvalue weighted by atomic mass is 19.1. The summed E-state index contributed by atoms with van der Waals surface area (Å²) in [6, 6.07) is 8.74. The Balaban J connectivity index is 1.60. The van der Waals surface area contributed by atoms with Gasteiger partial charge in [0.2, 0.25) is 0 Å². The minimum Gasteiger partial charge on any atom is -0.444 e.